The number of hydrogen-bond acceptors (Lipinski definition) is 3. The molecule has 1 rings (SSSR count). The average molecular weight is 222 g/mol. The van der Waals surface area contributed by atoms with Crippen molar-refractivity contribution in [2.24, 2.45) is 11.8 Å². The van der Waals surface area contributed by atoms with Crippen LogP contribution in [-0.2, 0) is 4.79 Å². The highest BCUT2D eigenvalue weighted by Crippen LogP contribution is 2.25. The minimum atomic E-state index is 0.0105. The minimum absolute atomic E-state index is 0.0105. The quantitative estimate of drug-likeness (QED) is 0.692. The summed E-state index contributed by atoms with van der Waals surface area (Å²) in [7, 11) is 0. The van der Waals surface area contributed by atoms with Gasteiger partial charge in [0.15, 0.2) is 0 Å². The Bertz CT molecular complexity index is 264. The van der Waals surface area contributed by atoms with E-state index in [9.17, 15) is 4.79 Å². The number of likely N-dealkylation sites (N-methyl/N-ethyl adjacent to an activating group) is 1. The van der Waals surface area contributed by atoms with E-state index in [1.807, 2.05) is 13.8 Å². The van der Waals surface area contributed by atoms with Crippen LogP contribution in [0.1, 0.15) is 39.5 Å². The standard InChI is InChI=1S/C13H22N2O/c1-3-15(9-11(2)8-14)10-13(16)12-6-4-5-7-12/h11-12H,3-7,9-10H2,1-2H3. The van der Waals surface area contributed by atoms with Crippen molar-refractivity contribution >= 4 is 5.78 Å². The van der Waals surface area contributed by atoms with Gasteiger partial charge in [0, 0.05) is 12.5 Å². The van der Waals surface area contributed by atoms with Crippen molar-refractivity contribution in [3.8, 4) is 6.07 Å². The largest absolute Gasteiger partial charge is 0.298 e. The number of nitrogens with zero attached hydrogens (tertiary/aromatic N) is 2. The summed E-state index contributed by atoms with van der Waals surface area (Å²) < 4.78 is 0. The molecule has 0 saturated heterocycles. The van der Waals surface area contributed by atoms with E-state index in [1.165, 1.54) is 12.8 Å². The second kappa shape index (κ2) is 6.65. The molecule has 0 radical (unpaired) electrons. The molecular weight excluding hydrogens is 200 g/mol. The second-order valence-corrected chi connectivity index (χ2v) is 4.81. The highest BCUT2D eigenvalue weighted by Gasteiger charge is 2.24. The van der Waals surface area contributed by atoms with Crippen LogP contribution >= 0.6 is 0 Å². The van der Waals surface area contributed by atoms with Crippen molar-refractivity contribution in [1.82, 2.24) is 4.90 Å². The van der Waals surface area contributed by atoms with Crippen LogP contribution < -0.4 is 0 Å². The average Bonchev–Trinajstić information content (AvgIpc) is 2.81. The molecule has 0 N–H and O–H groups in total. The van der Waals surface area contributed by atoms with Gasteiger partial charge in [0.05, 0.1) is 18.5 Å². The summed E-state index contributed by atoms with van der Waals surface area (Å²) in [5, 5.41) is 8.76. The zero-order valence-corrected chi connectivity index (χ0v) is 10.4. The molecular formula is C13H22N2O. The molecule has 0 bridgehead atoms. The van der Waals surface area contributed by atoms with Crippen LogP contribution in [0.2, 0.25) is 0 Å². The van der Waals surface area contributed by atoms with Crippen LogP contribution in [0.25, 0.3) is 0 Å². The lowest BCUT2D eigenvalue weighted by Gasteiger charge is -2.22. The van der Waals surface area contributed by atoms with Gasteiger partial charge in [-0.1, -0.05) is 19.8 Å². The Kier molecular flexibility index (Phi) is 5.48. The van der Waals surface area contributed by atoms with Gasteiger partial charge < -0.3 is 0 Å². The Balaban J connectivity index is 2.37. The van der Waals surface area contributed by atoms with Crippen LogP contribution in [0.3, 0.4) is 0 Å². The van der Waals surface area contributed by atoms with E-state index in [1.54, 1.807) is 0 Å². The summed E-state index contributed by atoms with van der Waals surface area (Å²) in [6.45, 7) is 6.05. The Morgan fingerprint density at radius 2 is 2.12 bits per heavy atom. The molecule has 1 aliphatic rings. The third-order valence-corrected chi connectivity index (χ3v) is 3.39. The molecule has 1 aliphatic carbocycles. The van der Waals surface area contributed by atoms with E-state index in [0.717, 1.165) is 19.4 Å². The number of nitriles is 1. The van der Waals surface area contributed by atoms with E-state index in [4.69, 9.17) is 5.26 Å². The Labute approximate surface area is 98.4 Å². The molecule has 0 aliphatic heterocycles. The number of rotatable bonds is 6. The van der Waals surface area contributed by atoms with Gasteiger partial charge in [-0.3, -0.25) is 9.69 Å². The second-order valence-electron chi connectivity index (χ2n) is 4.81. The van der Waals surface area contributed by atoms with Crippen molar-refractivity contribution in [1.29, 1.82) is 5.26 Å². The lowest BCUT2D eigenvalue weighted by atomic mass is 10.0. The van der Waals surface area contributed by atoms with Gasteiger partial charge in [-0.25, -0.2) is 0 Å². The lowest BCUT2D eigenvalue weighted by Crippen LogP contribution is -2.35. The number of hydrogen-bond donors (Lipinski definition) is 0. The first kappa shape index (κ1) is 13.2. The highest BCUT2D eigenvalue weighted by molar-refractivity contribution is 5.83. The zero-order chi connectivity index (χ0) is 12.0. The van der Waals surface area contributed by atoms with Gasteiger partial charge >= 0.3 is 0 Å². The lowest BCUT2D eigenvalue weighted by molar-refractivity contribution is -0.123. The fourth-order valence-electron chi connectivity index (χ4n) is 2.33. The monoisotopic (exact) mass is 222 g/mol. The molecule has 0 amide bonds. The van der Waals surface area contributed by atoms with Crippen molar-refractivity contribution in [3.63, 3.8) is 0 Å². The Morgan fingerprint density at radius 3 is 2.62 bits per heavy atom. The summed E-state index contributed by atoms with van der Waals surface area (Å²) in [5.41, 5.74) is 0. The summed E-state index contributed by atoms with van der Waals surface area (Å²) in [4.78, 5) is 14.1. The van der Waals surface area contributed by atoms with Gasteiger partial charge in [0.2, 0.25) is 0 Å². The Morgan fingerprint density at radius 1 is 1.50 bits per heavy atom. The van der Waals surface area contributed by atoms with Crippen LogP contribution in [0, 0.1) is 23.2 Å². The van der Waals surface area contributed by atoms with E-state index >= 15 is 0 Å². The van der Waals surface area contributed by atoms with E-state index in [-0.39, 0.29) is 5.92 Å². The van der Waals surface area contributed by atoms with Crippen molar-refractivity contribution in [2.75, 3.05) is 19.6 Å². The third-order valence-electron chi connectivity index (χ3n) is 3.39. The molecule has 0 aromatic rings. The zero-order valence-electron chi connectivity index (χ0n) is 10.4. The number of carbonyl (C=O) groups is 1. The molecule has 0 heterocycles. The summed E-state index contributed by atoms with van der Waals surface area (Å²) in [5.74, 6) is 0.687. The molecule has 0 spiro atoms. The van der Waals surface area contributed by atoms with Crippen molar-refractivity contribution in [2.45, 2.75) is 39.5 Å². The minimum Gasteiger partial charge on any atom is -0.298 e. The molecule has 16 heavy (non-hydrogen) atoms. The highest BCUT2D eigenvalue weighted by atomic mass is 16.1. The molecule has 1 unspecified atom stereocenters. The molecule has 3 nitrogen and oxygen atoms in total. The first-order chi connectivity index (χ1) is 7.67. The predicted octanol–water partition coefficient (Wildman–Crippen LogP) is 2.23. The first-order valence-electron chi connectivity index (χ1n) is 6.32. The van der Waals surface area contributed by atoms with Gasteiger partial charge in [-0.15, -0.1) is 0 Å². The molecule has 90 valence electrons. The van der Waals surface area contributed by atoms with Crippen LogP contribution in [0.15, 0.2) is 0 Å². The van der Waals surface area contributed by atoms with E-state index in [2.05, 4.69) is 11.0 Å². The number of carbonyl (C=O) groups excluding carboxylic acids is 1. The van der Waals surface area contributed by atoms with E-state index in [0.29, 0.717) is 24.8 Å². The fraction of sp³-hybridized carbons (Fsp3) is 0.846. The molecule has 0 aromatic heterocycles. The predicted molar refractivity (Wildman–Crippen MR) is 63.9 cm³/mol. The third kappa shape index (κ3) is 3.94. The van der Waals surface area contributed by atoms with Gasteiger partial charge in [0.25, 0.3) is 0 Å². The molecule has 1 atom stereocenters. The number of ketones is 1. The molecule has 3 heteroatoms. The molecule has 0 aromatic carbocycles. The smallest absolute Gasteiger partial charge is 0.149 e. The Hall–Kier alpha value is -0.880. The SMILES string of the molecule is CCN(CC(=O)C1CCCC1)CC(C)C#N. The van der Waals surface area contributed by atoms with Crippen LogP contribution in [0.5, 0.6) is 0 Å². The summed E-state index contributed by atoms with van der Waals surface area (Å²) >= 11 is 0. The normalized spacial score (nSPS) is 18.6. The first-order valence-corrected chi connectivity index (χ1v) is 6.32. The van der Waals surface area contributed by atoms with Gasteiger partial charge in [-0.05, 0) is 26.3 Å². The maximum absolute atomic E-state index is 12.0. The maximum Gasteiger partial charge on any atom is 0.149 e. The van der Waals surface area contributed by atoms with E-state index < -0.39 is 0 Å². The number of Topliss-reactive ketones (excluding diaryl/α,β-unsaturated/α-hetero) is 1. The van der Waals surface area contributed by atoms with Crippen molar-refractivity contribution in [3.05, 3.63) is 0 Å². The molecule has 1 saturated carbocycles. The maximum atomic E-state index is 12.0. The van der Waals surface area contributed by atoms with Crippen molar-refractivity contribution < 1.29 is 4.79 Å². The summed E-state index contributed by atoms with van der Waals surface area (Å²) in [6.07, 6.45) is 4.56. The molecule has 1 fully saturated rings. The van der Waals surface area contributed by atoms with Crippen LogP contribution in [0.4, 0.5) is 0 Å². The van der Waals surface area contributed by atoms with Gasteiger partial charge in [0.1, 0.15) is 5.78 Å². The summed E-state index contributed by atoms with van der Waals surface area (Å²) in [6, 6.07) is 2.22. The van der Waals surface area contributed by atoms with Gasteiger partial charge in [-0.2, -0.15) is 5.26 Å². The van der Waals surface area contributed by atoms with Crippen LogP contribution in [-0.4, -0.2) is 30.3 Å². The topological polar surface area (TPSA) is 44.1 Å². The fourth-order valence-corrected chi connectivity index (χ4v) is 2.33.